The van der Waals surface area contributed by atoms with Gasteiger partial charge in [0.2, 0.25) is 0 Å². The second-order valence-electron chi connectivity index (χ2n) is 5.14. The highest BCUT2D eigenvalue weighted by atomic mass is 16.5. The molecule has 0 amide bonds. The molecule has 0 aliphatic carbocycles. The fourth-order valence-corrected chi connectivity index (χ4v) is 1.49. The van der Waals surface area contributed by atoms with E-state index in [1.807, 2.05) is 19.1 Å². The molecule has 0 heterocycles. The second kappa shape index (κ2) is 4.88. The summed E-state index contributed by atoms with van der Waals surface area (Å²) in [7, 11) is 1.67. The second-order valence-corrected chi connectivity index (χ2v) is 5.14. The van der Waals surface area contributed by atoms with E-state index in [4.69, 9.17) is 9.84 Å². The molecule has 0 bridgehead atoms. The number of ether oxygens (including phenoxy) is 1. The molecule has 1 rings (SSSR count). The van der Waals surface area contributed by atoms with Gasteiger partial charge in [0.05, 0.1) is 13.7 Å². The van der Waals surface area contributed by atoms with Gasteiger partial charge in [0.15, 0.2) is 0 Å². The highest BCUT2D eigenvalue weighted by Gasteiger charge is 2.17. The number of methoxy groups -OCH3 is 1. The maximum Gasteiger partial charge on any atom is 0.119 e. The summed E-state index contributed by atoms with van der Waals surface area (Å²) in [4.78, 5) is 0. The summed E-state index contributed by atoms with van der Waals surface area (Å²) in [6, 6.07) is 6.13. The fourth-order valence-electron chi connectivity index (χ4n) is 1.49. The number of rotatable bonds is 3. The Hall–Kier alpha value is -1.02. The summed E-state index contributed by atoms with van der Waals surface area (Å²) in [5.74, 6) is 1.81. The van der Waals surface area contributed by atoms with Crippen molar-refractivity contribution >= 4 is 0 Å². The lowest BCUT2D eigenvalue weighted by atomic mass is 9.84. The van der Waals surface area contributed by atoms with Crippen LogP contribution < -0.4 is 4.74 Å². The van der Waals surface area contributed by atoms with Gasteiger partial charge < -0.3 is 9.84 Å². The molecule has 0 aliphatic heterocycles. The zero-order valence-corrected chi connectivity index (χ0v) is 10.8. The van der Waals surface area contributed by atoms with E-state index in [2.05, 4.69) is 26.8 Å². The zero-order chi connectivity index (χ0) is 12.3. The van der Waals surface area contributed by atoms with E-state index in [1.54, 1.807) is 7.11 Å². The van der Waals surface area contributed by atoms with Crippen LogP contribution in [0.25, 0.3) is 0 Å². The molecule has 1 N–H and O–H groups in total. The maximum atomic E-state index is 9.17. The van der Waals surface area contributed by atoms with Gasteiger partial charge in [-0.05, 0) is 28.7 Å². The Morgan fingerprint density at radius 2 is 1.88 bits per heavy atom. The monoisotopic (exact) mass is 221 g/mol. The Bertz CT molecular complexity index is 350. The molecule has 0 spiro atoms. The first-order chi connectivity index (χ1) is 7.38. The van der Waals surface area contributed by atoms with Crippen molar-refractivity contribution in [1.82, 2.24) is 0 Å². The van der Waals surface area contributed by atoms with Crippen LogP contribution in [0.4, 0.5) is 0 Å². The summed E-state index contributed by atoms with van der Waals surface area (Å²) in [6.45, 7) is 8.51. The minimum atomic E-state index is 0.0801. The van der Waals surface area contributed by atoms with Crippen LogP contribution in [-0.2, 0) is 5.41 Å². The minimum absolute atomic E-state index is 0.0801. The average Bonchev–Trinajstić information content (AvgIpc) is 2.26. The highest BCUT2D eigenvalue weighted by Crippen LogP contribution is 2.29. The molecule has 0 fully saturated rings. The number of benzene rings is 1. The standard InChI is InChI=1S/C14H21O2/c1-10(9-15)11-6-12(14(2,3)4)8-13(7-11)16-5/h6-8,15H,9H2,1-5H3. The summed E-state index contributed by atoms with van der Waals surface area (Å²) >= 11 is 0. The lowest BCUT2D eigenvalue weighted by Crippen LogP contribution is -2.13. The third-order valence-electron chi connectivity index (χ3n) is 2.74. The number of hydrogen-bond donors (Lipinski definition) is 1. The molecule has 89 valence electrons. The molecule has 2 nitrogen and oxygen atoms in total. The normalized spacial score (nSPS) is 11.9. The molecule has 16 heavy (non-hydrogen) atoms. The molecule has 0 aromatic heterocycles. The van der Waals surface area contributed by atoms with E-state index in [-0.39, 0.29) is 12.0 Å². The Balaban J connectivity index is 3.21. The maximum absolute atomic E-state index is 9.17. The van der Waals surface area contributed by atoms with Gasteiger partial charge in [0.1, 0.15) is 5.75 Å². The smallest absolute Gasteiger partial charge is 0.119 e. The van der Waals surface area contributed by atoms with Crippen molar-refractivity contribution in [3.05, 3.63) is 35.2 Å². The first kappa shape index (κ1) is 13.0. The van der Waals surface area contributed by atoms with E-state index < -0.39 is 0 Å². The topological polar surface area (TPSA) is 29.5 Å². The first-order valence-corrected chi connectivity index (χ1v) is 5.51. The van der Waals surface area contributed by atoms with Crippen molar-refractivity contribution < 1.29 is 9.84 Å². The Kier molecular flexibility index (Phi) is 3.98. The fraction of sp³-hybridized carbons (Fsp3) is 0.500. The Labute approximate surface area is 98.3 Å². The molecule has 0 saturated carbocycles. The van der Waals surface area contributed by atoms with Crippen LogP contribution in [0.15, 0.2) is 18.2 Å². The van der Waals surface area contributed by atoms with Crippen LogP contribution in [0.3, 0.4) is 0 Å². The van der Waals surface area contributed by atoms with Gasteiger partial charge in [-0.3, -0.25) is 0 Å². The molecule has 0 aliphatic rings. The molecule has 0 unspecified atom stereocenters. The van der Waals surface area contributed by atoms with Gasteiger partial charge >= 0.3 is 0 Å². The zero-order valence-electron chi connectivity index (χ0n) is 10.8. The van der Waals surface area contributed by atoms with Gasteiger partial charge in [-0.15, -0.1) is 0 Å². The van der Waals surface area contributed by atoms with Crippen LogP contribution in [0.1, 0.15) is 38.8 Å². The van der Waals surface area contributed by atoms with E-state index in [9.17, 15) is 0 Å². The van der Waals surface area contributed by atoms with Gasteiger partial charge in [-0.2, -0.15) is 0 Å². The van der Waals surface area contributed by atoms with Gasteiger partial charge in [0, 0.05) is 5.92 Å². The van der Waals surface area contributed by atoms with Crippen LogP contribution >= 0.6 is 0 Å². The molecule has 2 heteroatoms. The van der Waals surface area contributed by atoms with Crippen molar-refractivity contribution in [3.8, 4) is 5.75 Å². The van der Waals surface area contributed by atoms with E-state index in [1.165, 1.54) is 5.56 Å². The van der Waals surface area contributed by atoms with Crippen LogP contribution in [0, 0.1) is 5.92 Å². The minimum Gasteiger partial charge on any atom is -0.497 e. The van der Waals surface area contributed by atoms with Crippen molar-refractivity contribution in [3.63, 3.8) is 0 Å². The lowest BCUT2D eigenvalue weighted by molar-refractivity contribution is 0.314. The number of hydrogen-bond acceptors (Lipinski definition) is 2. The SMILES string of the molecule is COc1cc([C](C)CO)cc(C(C)(C)C)c1. The predicted octanol–water partition coefficient (Wildman–Crippen LogP) is 2.93. The lowest BCUT2D eigenvalue weighted by Gasteiger charge is -2.22. The van der Waals surface area contributed by atoms with E-state index in [0.717, 1.165) is 17.2 Å². The third kappa shape index (κ3) is 2.99. The van der Waals surface area contributed by atoms with E-state index >= 15 is 0 Å². The number of aliphatic hydroxyl groups excluding tert-OH is 1. The molecule has 0 atom stereocenters. The Morgan fingerprint density at radius 3 is 2.31 bits per heavy atom. The average molecular weight is 221 g/mol. The summed E-state index contributed by atoms with van der Waals surface area (Å²) in [5, 5.41) is 9.17. The molecule has 1 aromatic carbocycles. The van der Waals surface area contributed by atoms with Gasteiger partial charge in [-0.1, -0.05) is 33.8 Å². The molecule has 1 radical (unpaired) electrons. The molecular formula is C14H21O2. The summed E-state index contributed by atoms with van der Waals surface area (Å²) < 4.78 is 5.29. The first-order valence-electron chi connectivity index (χ1n) is 5.51. The molecule has 1 aromatic rings. The largest absolute Gasteiger partial charge is 0.497 e. The van der Waals surface area contributed by atoms with E-state index in [0.29, 0.717) is 0 Å². The van der Waals surface area contributed by atoms with Crippen LogP contribution in [0.5, 0.6) is 5.75 Å². The van der Waals surface area contributed by atoms with Crippen molar-refractivity contribution in [2.75, 3.05) is 13.7 Å². The van der Waals surface area contributed by atoms with Crippen LogP contribution in [0.2, 0.25) is 0 Å². The van der Waals surface area contributed by atoms with Crippen LogP contribution in [-0.4, -0.2) is 18.8 Å². The quantitative estimate of drug-likeness (QED) is 0.850. The number of aliphatic hydroxyl groups is 1. The third-order valence-corrected chi connectivity index (χ3v) is 2.74. The summed E-state index contributed by atoms with van der Waals surface area (Å²) in [5.41, 5.74) is 2.35. The molecule has 0 saturated heterocycles. The summed E-state index contributed by atoms with van der Waals surface area (Å²) in [6.07, 6.45) is 0. The van der Waals surface area contributed by atoms with Crippen molar-refractivity contribution in [1.29, 1.82) is 0 Å². The molecular weight excluding hydrogens is 200 g/mol. The van der Waals surface area contributed by atoms with Gasteiger partial charge in [0.25, 0.3) is 0 Å². The highest BCUT2D eigenvalue weighted by molar-refractivity contribution is 5.43. The van der Waals surface area contributed by atoms with Crippen molar-refractivity contribution in [2.45, 2.75) is 33.1 Å². The van der Waals surface area contributed by atoms with Crippen molar-refractivity contribution in [2.24, 2.45) is 0 Å². The Morgan fingerprint density at radius 1 is 1.25 bits per heavy atom. The van der Waals surface area contributed by atoms with Gasteiger partial charge in [-0.25, -0.2) is 0 Å². The predicted molar refractivity (Wildman–Crippen MR) is 66.8 cm³/mol.